The molecule has 0 bridgehead atoms. The number of amides is 2. The molecule has 1 atom stereocenters. The zero-order valence-electron chi connectivity index (χ0n) is 11.2. The average molecular weight is 249 g/mol. The van der Waals surface area contributed by atoms with Crippen molar-refractivity contribution >= 4 is 17.5 Å². The molecule has 1 aromatic rings. The van der Waals surface area contributed by atoms with Gasteiger partial charge in [0.05, 0.1) is 5.56 Å². The van der Waals surface area contributed by atoms with Crippen molar-refractivity contribution in [3.63, 3.8) is 0 Å². The first-order valence-corrected chi connectivity index (χ1v) is 5.76. The molecule has 0 saturated heterocycles. The minimum absolute atomic E-state index is 0.134. The fourth-order valence-corrected chi connectivity index (χ4v) is 1.62. The van der Waals surface area contributed by atoms with Crippen molar-refractivity contribution < 1.29 is 9.59 Å². The van der Waals surface area contributed by atoms with Crippen molar-refractivity contribution in [3.05, 3.63) is 29.8 Å². The number of rotatable bonds is 4. The van der Waals surface area contributed by atoms with E-state index < -0.39 is 6.04 Å². The highest BCUT2D eigenvalue weighted by atomic mass is 16.2. The highest BCUT2D eigenvalue weighted by Gasteiger charge is 2.19. The summed E-state index contributed by atoms with van der Waals surface area (Å²) in [7, 11) is 5.07. The van der Waals surface area contributed by atoms with Gasteiger partial charge >= 0.3 is 0 Å². The number of nitrogens with one attached hydrogen (secondary N) is 2. The Morgan fingerprint density at radius 2 is 1.83 bits per heavy atom. The second-order valence-corrected chi connectivity index (χ2v) is 4.22. The Hall–Kier alpha value is -2.04. The Labute approximate surface area is 107 Å². The van der Waals surface area contributed by atoms with Crippen LogP contribution in [-0.4, -0.2) is 43.9 Å². The van der Waals surface area contributed by atoms with Crippen molar-refractivity contribution in [2.75, 3.05) is 26.5 Å². The summed E-state index contributed by atoms with van der Waals surface area (Å²) in [6, 6.07) is 6.62. The van der Waals surface area contributed by atoms with E-state index in [1.807, 2.05) is 12.1 Å². The van der Waals surface area contributed by atoms with E-state index in [1.54, 1.807) is 40.2 Å². The fraction of sp³-hybridized carbons (Fsp3) is 0.385. The van der Waals surface area contributed by atoms with Gasteiger partial charge in [-0.15, -0.1) is 0 Å². The molecule has 18 heavy (non-hydrogen) atoms. The number of hydrogen-bond acceptors (Lipinski definition) is 3. The van der Waals surface area contributed by atoms with Gasteiger partial charge in [-0.1, -0.05) is 12.1 Å². The van der Waals surface area contributed by atoms with E-state index in [0.29, 0.717) is 5.56 Å². The van der Waals surface area contributed by atoms with Crippen LogP contribution in [0.1, 0.15) is 17.3 Å². The number of para-hydroxylation sites is 1. The minimum Gasteiger partial charge on any atom is -0.387 e. The molecule has 0 aliphatic carbocycles. The van der Waals surface area contributed by atoms with Gasteiger partial charge in [-0.2, -0.15) is 0 Å². The van der Waals surface area contributed by atoms with Gasteiger partial charge in [-0.3, -0.25) is 9.59 Å². The molecule has 5 nitrogen and oxygen atoms in total. The van der Waals surface area contributed by atoms with Gasteiger partial charge in [0.1, 0.15) is 6.04 Å². The van der Waals surface area contributed by atoms with Crippen molar-refractivity contribution in [1.29, 1.82) is 0 Å². The Kier molecular flexibility index (Phi) is 4.71. The fourth-order valence-electron chi connectivity index (χ4n) is 1.62. The molecule has 0 radical (unpaired) electrons. The predicted molar refractivity (Wildman–Crippen MR) is 71.6 cm³/mol. The first kappa shape index (κ1) is 14.0. The predicted octanol–water partition coefficient (Wildman–Crippen LogP) is 0.935. The van der Waals surface area contributed by atoms with Crippen molar-refractivity contribution in [2.24, 2.45) is 0 Å². The molecular weight excluding hydrogens is 230 g/mol. The van der Waals surface area contributed by atoms with Crippen LogP contribution in [0.15, 0.2) is 24.3 Å². The van der Waals surface area contributed by atoms with Gasteiger partial charge in [-0.05, 0) is 19.1 Å². The van der Waals surface area contributed by atoms with E-state index in [2.05, 4.69) is 10.6 Å². The lowest BCUT2D eigenvalue weighted by molar-refractivity contribution is -0.130. The normalized spacial score (nSPS) is 11.6. The van der Waals surface area contributed by atoms with E-state index >= 15 is 0 Å². The Morgan fingerprint density at radius 1 is 1.22 bits per heavy atom. The maximum Gasteiger partial charge on any atom is 0.254 e. The Bertz CT molecular complexity index is 444. The maximum atomic E-state index is 12.0. The summed E-state index contributed by atoms with van der Waals surface area (Å²) in [5.74, 6) is -0.395. The minimum atomic E-state index is -0.544. The van der Waals surface area contributed by atoms with Crippen LogP contribution in [0, 0.1) is 0 Å². The highest BCUT2D eigenvalue weighted by Crippen LogP contribution is 2.13. The molecule has 0 aliphatic heterocycles. The van der Waals surface area contributed by atoms with E-state index in [1.165, 1.54) is 4.90 Å². The van der Waals surface area contributed by atoms with Crippen LogP contribution in [0.5, 0.6) is 0 Å². The van der Waals surface area contributed by atoms with Crippen molar-refractivity contribution in [2.45, 2.75) is 13.0 Å². The highest BCUT2D eigenvalue weighted by molar-refractivity contribution is 6.01. The van der Waals surface area contributed by atoms with Crippen molar-refractivity contribution in [1.82, 2.24) is 10.2 Å². The molecule has 5 heteroatoms. The molecule has 0 heterocycles. The molecule has 0 saturated carbocycles. The Morgan fingerprint density at radius 3 is 2.39 bits per heavy atom. The SMILES string of the molecule is CNc1ccccc1C(=O)NC(C)C(=O)N(C)C. The molecule has 1 rings (SSSR count). The van der Waals surface area contributed by atoms with Crippen LogP contribution in [-0.2, 0) is 4.79 Å². The van der Waals surface area contributed by atoms with Crippen LogP contribution in [0.25, 0.3) is 0 Å². The van der Waals surface area contributed by atoms with Gasteiger partial charge < -0.3 is 15.5 Å². The third-order valence-corrected chi connectivity index (χ3v) is 2.60. The summed E-state index contributed by atoms with van der Waals surface area (Å²) in [6.07, 6.45) is 0. The first-order chi connectivity index (χ1) is 8.47. The largest absolute Gasteiger partial charge is 0.387 e. The number of benzene rings is 1. The van der Waals surface area contributed by atoms with Crippen LogP contribution in [0.3, 0.4) is 0 Å². The molecule has 98 valence electrons. The number of likely N-dealkylation sites (N-methyl/N-ethyl adjacent to an activating group) is 1. The van der Waals surface area contributed by atoms with Gasteiger partial charge in [0.25, 0.3) is 5.91 Å². The molecule has 0 aromatic heterocycles. The number of carbonyl (C=O) groups excluding carboxylic acids is 2. The number of nitrogens with zero attached hydrogens (tertiary/aromatic N) is 1. The zero-order valence-corrected chi connectivity index (χ0v) is 11.2. The molecule has 0 spiro atoms. The molecule has 1 aromatic carbocycles. The molecule has 0 aliphatic rings. The second-order valence-electron chi connectivity index (χ2n) is 4.22. The molecular formula is C13H19N3O2. The van der Waals surface area contributed by atoms with Gasteiger partial charge in [0.2, 0.25) is 5.91 Å². The van der Waals surface area contributed by atoms with Gasteiger partial charge in [-0.25, -0.2) is 0 Å². The van der Waals surface area contributed by atoms with E-state index in [9.17, 15) is 9.59 Å². The van der Waals surface area contributed by atoms with E-state index in [0.717, 1.165) is 5.69 Å². The summed E-state index contributed by atoms with van der Waals surface area (Å²) in [5, 5.41) is 5.63. The van der Waals surface area contributed by atoms with E-state index in [-0.39, 0.29) is 11.8 Å². The molecule has 0 fully saturated rings. The second kappa shape index (κ2) is 6.05. The van der Waals surface area contributed by atoms with Gasteiger partial charge in [0, 0.05) is 26.8 Å². The number of anilines is 1. The monoisotopic (exact) mass is 249 g/mol. The lowest BCUT2D eigenvalue weighted by Gasteiger charge is -2.18. The zero-order chi connectivity index (χ0) is 13.7. The molecule has 2 N–H and O–H groups in total. The summed E-state index contributed by atoms with van der Waals surface area (Å²) >= 11 is 0. The smallest absolute Gasteiger partial charge is 0.254 e. The van der Waals surface area contributed by atoms with E-state index in [4.69, 9.17) is 0 Å². The third kappa shape index (κ3) is 3.23. The third-order valence-electron chi connectivity index (χ3n) is 2.60. The molecule has 1 unspecified atom stereocenters. The molecule has 2 amide bonds. The standard InChI is InChI=1S/C13H19N3O2/c1-9(13(18)16(3)4)15-12(17)10-7-5-6-8-11(10)14-2/h5-9,14H,1-4H3,(H,15,17). The summed E-state index contributed by atoms with van der Waals surface area (Å²) in [4.78, 5) is 25.2. The lowest BCUT2D eigenvalue weighted by atomic mass is 10.1. The van der Waals surface area contributed by atoms with Crippen molar-refractivity contribution in [3.8, 4) is 0 Å². The van der Waals surface area contributed by atoms with Crippen LogP contribution >= 0.6 is 0 Å². The van der Waals surface area contributed by atoms with Crippen LogP contribution in [0.2, 0.25) is 0 Å². The number of hydrogen-bond donors (Lipinski definition) is 2. The lowest BCUT2D eigenvalue weighted by Crippen LogP contribution is -2.44. The quantitative estimate of drug-likeness (QED) is 0.834. The maximum absolute atomic E-state index is 12.0. The summed E-state index contributed by atoms with van der Waals surface area (Å²) in [5.41, 5.74) is 1.26. The summed E-state index contributed by atoms with van der Waals surface area (Å²) < 4.78 is 0. The summed E-state index contributed by atoms with van der Waals surface area (Å²) in [6.45, 7) is 1.67. The Balaban J connectivity index is 2.80. The van der Waals surface area contributed by atoms with Crippen LogP contribution in [0.4, 0.5) is 5.69 Å². The topological polar surface area (TPSA) is 61.4 Å². The van der Waals surface area contributed by atoms with Crippen LogP contribution < -0.4 is 10.6 Å². The number of carbonyl (C=O) groups is 2. The average Bonchev–Trinajstić information content (AvgIpc) is 2.37. The van der Waals surface area contributed by atoms with Gasteiger partial charge in [0.15, 0.2) is 0 Å². The first-order valence-electron chi connectivity index (χ1n) is 5.76.